The predicted molar refractivity (Wildman–Crippen MR) is 59.8 cm³/mol. The van der Waals surface area contributed by atoms with E-state index in [0.29, 0.717) is 5.25 Å². The van der Waals surface area contributed by atoms with Gasteiger partial charge in [-0.25, -0.2) is 0 Å². The Kier molecular flexibility index (Phi) is 3.54. The van der Waals surface area contributed by atoms with Crippen molar-refractivity contribution < 1.29 is 4.42 Å². The number of nitrogens with one attached hydrogen (secondary N) is 1. The molecule has 0 aliphatic carbocycles. The first kappa shape index (κ1) is 10.1. The molecule has 2 heterocycles. The lowest BCUT2D eigenvalue weighted by atomic mass is 10.2. The first-order valence-electron chi connectivity index (χ1n) is 5.28. The molecule has 0 aromatic carbocycles. The molecule has 0 spiro atoms. The highest BCUT2D eigenvalue weighted by molar-refractivity contribution is 8.00. The molecule has 1 aromatic rings. The summed E-state index contributed by atoms with van der Waals surface area (Å²) in [5.74, 6) is 1.05. The molecule has 1 N–H and O–H groups in total. The highest BCUT2D eigenvalue weighted by Gasteiger charge is 2.14. The zero-order valence-electron chi connectivity index (χ0n) is 8.58. The first-order chi connectivity index (χ1) is 6.86. The minimum atomic E-state index is 0.716. The van der Waals surface area contributed by atoms with E-state index in [2.05, 4.69) is 11.4 Å². The summed E-state index contributed by atoms with van der Waals surface area (Å²) in [7, 11) is 0. The number of rotatable bonds is 2. The van der Waals surface area contributed by atoms with Crippen molar-refractivity contribution >= 4 is 11.8 Å². The van der Waals surface area contributed by atoms with Gasteiger partial charge in [-0.05, 0) is 32.4 Å². The molecule has 0 saturated carbocycles. The standard InChI is InChI=1S/C11H17NOS/c1-9-11(5-7-13-9)14-10-4-2-3-6-12-8-10/h5,7,10,12H,2-4,6,8H2,1H3. The van der Waals surface area contributed by atoms with Crippen molar-refractivity contribution in [1.82, 2.24) is 5.32 Å². The van der Waals surface area contributed by atoms with Gasteiger partial charge >= 0.3 is 0 Å². The Hall–Kier alpha value is -0.410. The molecule has 2 nitrogen and oxygen atoms in total. The molecule has 1 saturated heterocycles. The topological polar surface area (TPSA) is 25.2 Å². The number of furan rings is 1. The fourth-order valence-electron chi connectivity index (χ4n) is 1.76. The van der Waals surface area contributed by atoms with Gasteiger partial charge in [0.2, 0.25) is 0 Å². The Labute approximate surface area is 89.4 Å². The van der Waals surface area contributed by atoms with Gasteiger partial charge in [0.25, 0.3) is 0 Å². The molecule has 3 heteroatoms. The van der Waals surface area contributed by atoms with E-state index in [-0.39, 0.29) is 0 Å². The second-order valence-corrected chi connectivity index (χ2v) is 5.12. The fourth-order valence-corrected chi connectivity index (χ4v) is 2.96. The van der Waals surface area contributed by atoms with Gasteiger partial charge in [-0.3, -0.25) is 0 Å². The lowest BCUT2D eigenvalue weighted by Gasteiger charge is -2.12. The van der Waals surface area contributed by atoms with Crippen LogP contribution in [0.15, 0.2) is 21.6 Å². The third kappa shape index (κ3) is 2.55. The van der Waals surface area contributed by atoms with Crippen molar-refractivity contribution in [2.75, 3.05) is 13.1 Å². The zero-order chi connectivity index (χ0) is 9.80. The van der Waals surface area contributed by atoms with Crippen LogP contribution in [0.1, 0.15) is 25.0 Å². The van der Waals surface area contributed by atoms with Crippen molar-refractivity contribution in [2.24, 2.45) is 0 Å². The maximum Gasteiger partial charge on any atom is 0.114 e. The van der Waals surface area contributed by atoms with Gasteiger partial charge in [0, 0.05) is 16.7 Å². The second-order valence-electron chi connectivity index (χ2n) is 3.78. The molecule has 78 valence electrons. The van der Waals surface area contributed by atoms with Crippen LogP contribution in [0.25, 0.3) is 0 Å². The van der Waals surface area contributed by atoms with Crippen molar-refractivity contribution in [1.29, 1.82) is 0 Å². The van der Waals surface area contributed by atoms with E-state index < -0.39 is 0 Å². The second kappa shape index (κ2) is 4.89. The summed E-state index contributed by atoms with van der Waals surface area (Å²) in [5, 5.41) is 4.19. The van der Waals surface area contributed by atoms with Crippen LogP contribution in [0, 0.1) is 6.92 Å². The van der Waals surface area contributed by atoms with Crippen LogP contribution in [0.2, 0.25) is 0 Å². The first-order valence-corrected chi connectivity index (χ1v) is 6.15. The Morgan fingerprint density at radius 3 is 3.21 bits per heavy atom. The minimum absolute atomic E-state index is 0.716. The SMILES string of the molecule is Cc1occc1SC1CCCCNC1. The van der Waals surface area contributed by atoms with E-state index >= 15 is 0 Å². The van der Waals surface area contributed by atoms with E-state index in [1.807, 2.05) is 18.7 Å². The molecule has 0 radical (unpaired) electrons. The molecule has 1 fully saturated rings. The van der Waals surface area contributed by atoms with E-state index in [0.717, 1.165) is 12.3 Å². The number of thioether (sulfide) groups is 1. The van der Waals surface area contributed by atoms with E-state index in [1.54, 1.807) is 6.26 Å². The normalized spacial score (nSPS) is 23.4. The monoisotopic (exact) mass is 211 g/mol. The molecule has 1 atom stereocenters. The van der Waals surface area contributed by atoms with Crippen molar-refractivity contribution in [3.05, 3.63) is 18.1 Å². The quantitative estimate of drug-likeness (QED) is 0.814. The lowest BCUT2D eigenvalue weighted by Crippen LogP contribution is -2.22. The summed E-state index contributed by atoms with van der Waals surface area (Å²) >= 11 is 1.95. The highest BCUT2D eigenvalue weighted by atomic mass is 32.2. The molecular formula is C11H17NOS. The van der Waals surface area contributed by atoms with Crippen molar-refractivity contribution in [3.63, 3.8) is 0 Å². The smallest absolute Gasteiger partial charge is 0.114 e. The number of hydrogen-bond donors (Lipinski definition) is 1. The molecule has 1 aromatic heterocycles. The molecule has 0 amide bonds. The molecule has 1 unspecified atom stereocenters. The Morgan fingerprint density at radius 1 is 1.50 bits per heavy atom. The van der Waals surface area contributed by atoms with Gasteiger partial charge in [-0.1, -0.05) is 6.42 Å². The summed E-state index contributed by atoms with van der Waals surface area (Å²) in [6, 6.07) is 2.07. The van der Waals surface area contributed by atoms with Crippen molar-refractivity contribution in [3.8, 4) is 0 Å². The molecule has 1 aliphatic heterocycles. The lowest BCUT2D eigenvalue weighted by molar-refractivity contribution is 0.526. The van der Waals surface area contributed by atoms with Crippen LogP contribution >= 0.6 is 11.8 Å². The third-order valence-corrected chi connectivity index (χ3v) is 4.02. The van der Waals surface area contributed by atoms with Crippen LogP contribution in [-0.4, -0.2) is 18.3 Å². The van der Waals surface area contributed by atoms with Crippen LogP contribution in [0.5, 0.6) is 0 Å². The Balaban J connectivity index is 1.92. The van der Waals surface area contributed by atoms with Crippen LogP contribution in [0.4, 0.5) is 0 Å². The van der Waals surface area contributed by atoms with Gasteiger partial charge < -0.3 is 9.73 Å². The average Bonchev–Trinajstić information content (AvgIpc) is 2.44. The maximum absolute atomic E-state index is 5.30. The van der Waals surface area contributed by atoms with Crippen molar-refractivity contribution in [2.45, 2.75) is 36.3 Å². The van der Waals surface area contributed by atoms with Crippen LogP contribution < -0.4 is 5.32 Å². The largest absolute Gasteiger partial charge is 0.468 e. The third-order valence-electron chi connectivity index (χ3n) is 2.61. The van der Waals surface area contributed by atoms with Gasteiger partial charge in [-0.15, -0.1) is 11.8 Å². The van der Waals surface area contributed by atoms with Crippen LogP contribution in [-0.2, 0) is 0 Å². The zero-order valence-corrected chi connectivity index (χ0v) is 9.40. The van der Waals surface area contributed by atoms with E-state index in [4.69, 9.17) is 4.42 Å². The molecule has 1 aliphatic rings. The molecule has 14 heavy (non-hydrogen) atoms. The number of aryl methyl sites for hydroxylation is 1. The summed E-state index contributed by atoms with van der Waals surface area (Å²) < 4.78 is 5.30. The molecule has 0 bridgehead atoms. The summed E-state index contributed by atoms with van der Waals surface area (Å²) in [6.45, 7) is 4.35. The summed E-state index contributed by atoms with van der Waals surface area (Å²) in [6.07, 6.45) is 5.77. The van der Waals surface area contributed by atoms with E-state index in [1.165, 1.54) is 30.7 Å². The Morgan fingerprint density at radius 2 is 2.43 bits per heavy atom. The summed E-state index contributed by atoms with van der Waals surface area (Å²) in [5.41, 5.74) is 0. The highest BCUT2D eigenvalue weighted by Crippen LogP contribution is 2.30. The molecule has 2 rings (SSSR count). The number of hydrogen-bond acceptors (Lipinski definition) is 3. The van der Waals surface area contributed by atoms with Crippen LogP contribution in [0.3, 0.4) is 0 Å². The average molecular weight is 211 g/mol. The maximum atomic E-state index is 5.30. The minimum Gasteiger partial charge on any atom is -0.468 e. The van der Waals surface area contributed by atoms with E-state index in [9.17, 15) is 0 Å². The summed E-state index contributed by atoms with van der Waals surface area (Å²) in [4.78, 5) is 1.30. The van der Waals surface area contributed by atoms with Gasteiger partial charge in [0.05, 0.1) is 6.26 Å². The fraction of sp³-hybridized carbons (Fsp3) is 0.636. The van der Waals surface area contributed by atoms with Gasteiger partial charge in [-0.2, -0.15) is 0 Å². The van der Waals surface area contributed by atoms with Gasteiger partial charge in [0.1, 0.15) is 5.76 Å². The predicted octanol–water partition coefficient (Wildman–Crippen LogP) is 2.82. The van der Waals surface area contributed by atoms with Gasteiger partial charge in [0.15, 0.2) is 0 Å². The molecular weight excluding hydrogens is 194 g/mol. The Bertz CT molecular complexity index is 277.